The quantitative estimate of drug-likeness (QED) is 0.670. The van der Waals surface area contributed by atoms with Crippen molar-refractivity contribution in [2.45, 2.75) is 27.7 Å². The van der Waals surface area contributed by atoms with Crippen LogP contribution in [0.4, 0.5) is 0 Å². The molecule has 1 heteroatoms. The Labute approximate surface area is 115 Å². The number of fused-ring (bicyclic) bond motifs is 1. The molecule has 1 heterocycles. The maximum atomic E-state index is 2.32. The van der Waals surface area contributed by atoms with Gasteiger partial charge in [0.2, 0.25) is 0 Å². The van der Waals surface area contributed by atoms with Crippen molar-refractivity contribution in [3.63, 3.8) is 0 Å². The predicted molar refractivity (Wildman–Crippen MR) is 87.0 cm³/mol. The third kappa shape index (κ3) is 2.28. The Morgan fingerprint density at radius 3 is 2.32 bits per heavy atom. The zero-order valence-corrected chi connectivity index (χ0v) is 12.1. The van der Waals surface area contributed by atoms with E-state index in [0.29, 0.717) is 0 Å². The van der Waals surface area contributed by atoms with E-state index in [1.807, 2.05) is 0 Å². The van der Waals surface area contributed by atoms with E-state index in [9.17, 15) is 0 Å². The summed E-state index contributed by atoms with van der Waals surface area (Å²) in [7, 11) is 0. The van der Waals surface area contributed by atoms with Crippen molar-refractivity contribution >= 4 is 28.8 Å². The van der Waals surface area contributed by atoms with Gasteiger partial charge in [-0.3, -0.25) is 0 Å². The molecule has 1 nitrogen and oxygen atoms in total. The Kier molecular flexibility index (Phi) is 4.06. The minimum atomic E-state index is 1.25. The van der Waals surface area contributed by atoms with Gasteiger partial charge in [0.1, 0.15) is 0 Å². The summed E-state index contributed by atoms with van der Waals surface area (Å²) in [6, 6.07) is 8.57. The van der Waals surface area contributed by atoms with Crippen LogP contribution in [0.3, 0.4) is 0 Å². The summed E-state index contributed by atoms with van der Waals surface area (Å²) in [6.07, 6.45) is 10.7. The summed E-state index contributed by atoms with van der Waals surface area (Å²) in [5.74, 6) is 0. The molecule has 0 aliphatic carbocycles. The Balaban J connectivity index is 2.95. The summed E-state index contributed by atoms with van der Waals surface area (Å²) in [5, 5.41) is 1.30. The summed E-state index contributed by atoms with van der Waals surface area (Å²) in [5.41, 5.74) is 5.05. The lowest BCUT2D eigenvalue weighted by atomic mass is 10.1. The molecule has 2 rings (SSSR count). The highest BCUT2D eigenvalue weighted by Gasteiger charge is 2.13. The molecule has 1 aromatic carbocycles. The zero-order chi connectivity index (χ0) is 13.8. The van der Waals surface area contributed by atoms with Gasteiger partial charge in [0, 0.05) is 16.6 Å². The van der Waals surface area contributed by atoms with E-state index in [1.54, 1.807) is 0 Å². The van der Waals surface area contributed by atoms with Crippen LogP contribution < -0.4 is 0 Å². The summed E-state index contributed by atoms with van der Waals surface area (Å²) in [6.45, 7) is 8.36. The SMILES string of the molecule is C/C=C\c1c(/C=C\C)n(/C(C)=C/C)c2ccccc12. The highest BCUT2D eigenvalue weighted by Crippen LogP contribution is 2.31. The molecule has 0 saturated heterocycles. The van der Waals surface area contributed by atoms with Crippen molar-refractivity contribution in [2.75, 3.05) is 0 Å². The lowest BCUT2D eigenvalue weighted by molar-refractivity contribution is 1.12. The molecule has 0 fully saturated rings. The summed E-state index contributed by atoms with van der Waals surface area (Å²) < 4.78 is 2.32. The van der Waals surface area contributed by atoms with Gasteiger partial charge in [-0.1, -0.05) is 42.5 Å². The average molecular weight is 251 g/mol. The summed E-state index contributed by atoms with van der Waals surface area (Å²) in [4.78, 5) is 0. The molecule has 98 valence electrons. The molecule has 0 aliphatic rings. The highest BCUT2D eigenvalue weighted by atomic mass is 15.0. The van der Waals surface area contributed by atoms with Gasteiger partial charge < -0.3 is 4.57 Å². The molecule has 0 amide bonds. The highest BCUT2D eigenvalue weighted by molar-refractivity contribution is 5.96. The first-order valence-corrected chi connectivity index (χ1v) is 6.76. The second kappa shape index (κ2) is 5.75. The van der Waals surface area contributed by atoms with E-state index in [2.05, 4.69) is 86.9 Å². The molecule has 0 spiro atoms. The topological polar surface area (TPSA) is 4.93 Å². The number of benzene rings is 1. The van der Waals surface area contributed by atoms with Crippen LogP contribution in [0.1, 0.15) is 39.0 Å². The van der Waals surface area contributed by atoms with Crippen molar-refractivity contribution in [3.8, 4) is 0 Å². The molecule has 19 heavy (non-hydrogen) atoms. The van der Waals surface area contributed by atoms with E-state index < -0.39 is 0 Å². The molecule has 0 bridgehead atoms. The van der Waals surface area contributed by atoms with Crippen LogP contribution >= 0.6 is 0 Å². The molecule has 0 saturated carbocycles. The first kappa shape index (κ1) is 13.4. The van der Waals surface area contributed by atoms with Gasteiger partial charge in [0.15, 0.2) is 0 Å². The molecular weight excluding hydrogens is 230 g/mol. The van der Waals surface area contributed by atoms with Crippen LogP contribution in [0.5, 0.6) is 0 Å². The monoisotopic (exact) mass is 251 g/mol. The summed E-state index contributed by atoms with van der Waals surface area (Å²) >= 11 is 0. The van der Waals surface area contributed by atoms with Crippen LogP contribution in [-0.2, 0) is 0 Å². The molecule has 0 radical (unpaired) electrons. The van der Waals surface area contributed by atoms with Crippen molar-refractivity contribution in [3.05, 3.63) is 53.8 Å². The van der Waals surface area contributed by atoms with Gasteiger partial charge >= 0.3 is 0 Å². The fraction of sp³-hybridized carbons (Fsp3) is 0.222. The molecule has 0 unspecified atom stereocenters. The average Bonchev–Trinajstić information content (AvgIpc) is 2.74. The number of rotatable bonds is 3. The minimum absolute atomic E-state index is 1.25. The molecule has 2 aromatic rings. The molecule has 0 N–H and O–H groups in total. The fourth-order valence-corrected chi connectivity index (χ4v) is 2.46. The standard InChI is InChI=1S/C18H21N/c1-5-10-15-16-12-8-9-13-18(16)19(14(4)7-3)17(15)11-6-2/h5-13H,1-4H3/b10-5-,11-6-,14-7+. The largest absolute Gasteiger partial charge is 0.314 e. The van der Waals surface area contributed by atoms with E-state index in [4.69, 9.17) is 0 Å². The van der Waals surface area contributed by atoms with Crippen molar-refractivity contribution in [1.82, 2.24) is 4.57 Å². The van der Waals surface area contributed by atoms with E-state index in [1.165, 1.54) is 27.9 Å². The molecule has 0 atom stereocenters. The maximum absolute atomic E-state index is 2.32. The third-order valence-corrected chi connectivity index (χ3v) is 3.38. The molecular formula is C18H21N. The van der Waals surface area contributed by atoms with Crippen LogP contribution in [-0.4, -0.2) is 4.57 Å². The normalized spacial score (nSPS) is 13.2. The number of para-hydroxylation sites is 1. The van der Waals surface area contributed by atoms with Crippen LogP contribution in [0.2, 0.25) is 0 Å². The predicted octanol–water partition coefficient (Wildman–Crippen LogP) is 5.59. The number of nitrogens with zero attached hydrogens (tertiary/aromatic N) is 1. The zero-order valence-electron chi connectivity index (χ0n) is 12.1. The lowest BCUT2D eigenvalue weighted by Crippen LogP contribution is -1.96. The van der Waals surface area contributed by atoms with Crippen LogP contribution in [0, 0.1) is 0 Å². The van der Waals surface area contributed by atoms with Gasteiger partial charge in [-0.2, -0.15) is 0 Å². The van der Waals surface area contributed by atoms with Crippen molar-refractivity contribution in [2.24, 2.45) is 0 Å². The van der Waals surface area contributed by atoms with Gasteiger partial charge in [-0.05, 0) is 39.8 Å². The van der Waals surface area contributed by atoms with Gasteiger partial charge in [0.05, 0.1) is 11.2 Å². The van der Waals surface area contributed by atoms with Crippen molar-refractivity contribution < 1.29 is 0 Å². The Bertz CT molecular complexity index is 666. The Morgan fingerprint density at radius 1 is 1.00 bits per heavy atom. The smallest absolute Gasteiger partial charge is 0.0537 e. The third-order valence-electron chi connectivity index (χ3n) is 3.38. The minimum Gasteiger partial charge on any atom is -0.314 e. The second-order valence-corrected chi connectivity index (χ2v) is 4.58. The van der Waals surface area contributed by atoms with Crippen molar-refractivity contribution in [1.29, 1.82) is 0 Å². The first-order valence-electron chi connectivity index (χ1n) is 6.76. The van der Waals surface area contributed by atoms with Gasteiger partial charge in [-0.25, -0.2) is 0 Å². The lowest BCUT2D eigenvalue weighted by Gasteiger charge is -2.08. The number of aromatic nitrogens is 1. The molecule has 1 aromatic heterocycles. The van der Waals surface area contributed by atoms with E-state index in [0.717, 1.165) is 0 Å². The number of allylic oxidation sites excluding steroid dienone is 4. The second-order valence-electron chi connectivity index (χ2n) is 4.58. The van der Waals surface area contributed by atoms with Crippen LogP contribution in [0.15, 0.2) is 42.5 Å². The van der Waals surface area contributed by atoms with E-state index in [-0.39, 0.29) is 0 Å². The number of hydrogen-bond acceptors (Lipinski definition) is 0. The number of hydrogen-bond donors (Lipinski definition) is 0. The van der Waals surface area contributed by atoms with Gasteiger partial charge in [0.25, 0.3) is 0 Å². The van der Waals surface area contributed by atoms with E-state index >= 15 is 0 Å². The van der Waals surface area contributed by atoms with Crippen LogP contribution in [0.25, 0.3) is 28.8 Å². The molecule has 0 aliphatic heterocycles. The fourth-order valence-electron chi connectivity index (χ4n) is 2.46. The van der Waals surface area contributed by atoms with Gasteiger partial charge in [-0.15, -0.1) is 0 Å². The first-order chi connectivity index (χ1) is 9.24. The Hall–Kier alpha value is -2.02. The maximum Gasteiger partial charge on any atom is 0.0537 e. The Morgan fingerprint density at radius 2 is 1.68 bits per heavy atom.